The first-order valence-electron chi connectivity index (χ1n) is 13.0. The number of benzene rings is 1. The quantitative estimate of drug-likeness (QED) is 0.276. The topological polar surface area (TPSA) is 136 Å². The largest absolute Gasteiger partial charge is 0.461 e. The van der Waals surface area contributed by atoms with Crippen LogP contribution in [0.2, 0.25) is 0 Å². The molecule has 2 aliphatic heterocycles. The lowest BCUT2D eigenvalue weighted by Gasteiger charge is -2.35. The van der Waals surface area contributed by atoms with E-state index in [9.17, 15) is 19.3 Å². The Hall–Kier alpha value is -2.83. The second kappa shape index (κ2) is 12.0. The lowest BCUT2D eigenvalue weighted by atomic mass is 9.96. The summed E-state index contributed by atoms with van der Waals surface area (Å²) in [5, 5.41) is 15.4. The van der Waals surface area contributed by atoms with Crippen LogP contribution in [0.15, 0.2) is 55.0 Å². The Morgan fingerprint density at radius 3 is 2.62 bits per heavy atom. The average molecular weight is 586 g/mol. The van der Waals surface area contributed by atoms with E-state index in [1.165, 1.54) is 19.1 Å². The predicted octanol–water partition coefficient (Wildman–Crippen LogP) is 3.57. The van der Waals surface area contributed by atoms with Crippen LogP contribution in [0.5, 0.6) is 5.75 Å². The van der Waals surface area contributed by atoms with Gasteiger partial charge in [-0.05, 0) is 51.7 Å². The van der Waals surface area contributed by atoms with Gasteiger partial charge in [-0.1, -0.05) is 31.2 Å². The molecule has 4 rings (SSSR count). The molecule has 1 saturated carbocycles. The third-order valence-corrected chi connectivity index (χ3v) is 8.52. The van der Waals surface area contributed by atoms with Gasteiger partial charge < -0.3 is 29.3 Å². The second-order valence-electron chi connectivity index (χ2n) is 10.2. The van der Waals surface area contributed by atoms with Crippen molar-refractivity contribution in [3.8, 4) is 5.75 Å². The van der Waals surface area contributed by atoms with Gasteiger partial charge in [0.1, 0.15) is 30.3 Å². The van der Waals surface area contributed by atoms with E-state index in [0.717, 1.165) is 56.2 Å². The SMILES string of the molecule is C=C1NC(=O)C=CN1[C@@H]1O[C@](F)(COP(=O)(NC(C)C(=O)OC2CCCCC2)Oc2ccccc2)[C@@H](O)[C@@]1(C)F. The fraction of sp³-hybridized carbons (Fsp3) is 0.538. The van der Waals surface area contributed by atoms with Gasteiger partial charge in [0.25, 0.3) is 11.8 Å². The summed E-state index contributed by atoms with van der Waals surface area (Å²) in [5.74, 6) is -4.48. The van der Waals surface area contributed by atoms with Crippen molar-refractivity contribution in [1.29, 1.82) is 0 Å². The fourth-order valence-electron chi connectivity index (χ4n) is 4.69. The summed E-state index contributed by atoms with van der Waals surface area (Å²) in [4.78, 5) is 25.3. The van der Waals surface area contributed by atoms with Crippen LogP contribution in [0.1, 0.15) is 46.0 Å². The van der Waals surface area contributed by atoms with Crippen molar-refractivity contribution in [2.24, 2.45) is 0 Å². The van der Waals surface area contributed by atoms with Gasteiger partial charge in [-0.2, -0.15) is 5.09 Å². The molecule has 3 aliphatic rings. The number of amides is 1. The number of nitrogens with one attached hydrogen (secondary N) is 2. The van der Waals surface area contributed by atoms with Crippen LogP contribution in [-0.4, -0.2) is 64.5 Å². The van der Waals surface area contributed by atoms with E-state index in [-0.39, 0.29) is 17.7 Å². The van der Waals surface area contributed by atoms with Gasteiger partial charge >= 0.3 is 13.7 Å². The minimum atomic E-state index is -4.55. The van der Waals surface area contributed by atoms with Crippen LogP contribution in [0.25, 0.3) is 0 Å². The molecule has 1 aromatic rings. The Labute approximate surface area is 231 Å². The van der Waals surface area contributed by atoms with Crippen LogP contribution in [0.3, 0.4) is 0 Å². The van der Waals surface area contributed by atoms with E-state index in [1.54, 1.807) is 18.2 Å². The number of aliphatic hydroxyl groups excluding tert-OH is 1. The molecule has 40 heavy (non-hydrogen) atoms. The number of carbonyl (C=O) groups excluding carboxylic acids is 2. The van der Waals surface area contributed by atoms with Crippen LogP contribution in [-0.2, 0) is 28.2 Å². The highest BCUT2D eigenvalue weighted by molar-refractivity contribution is 7.52. The molecule has 1 saturated heterocycles. The zero-order valence-corrected chi connectivity index (χ0v) is 23.2. The van der Waals surface area contributed by atoms with E-state index in [4.69, 9.17) is 18.5 Å². The van der Waals surface area contributed by atoms with Crippen LogP contribution in [0, 0.1) is 0 Å². The van der Waals surface area contributed by atoms with Crippen LogP contribution < -0.4 is 14.9 Å². The van der Waals surface area contributed by atoms with Crippen molar-refractivity contribution in [2.75, 3.05) is 6.61 Å². The molecule has 11 nitrogen and oxygen atoms in total. The van der Waals surface area contributed by atoms with Crippen molar-refractivity contribution in [3.63, 3.8) is 0 Å². The Balaban J connectivity index is 1.50. The zero-order chi connectivity index (χ0) is 29.1. The molecule has 1 amide bonds. The minimum Gasteiger partial charge on any atom is -0.461 e. The third-order valence-electron chi connectivity index (χ3n) is 6.89. The summed E-state index contributed by atoms with van der Waals surface area (Å²) in [6, 6.07) is 6.61. The number of esters is 1. The van der Waals surface area contributed by atoms with Crippen molar-refractivity contribution in [1.82, 2.24) is 15.3 Å². The van der Waals surface area contributed by atoms with Crippen molar-refractivity contribution in [2.45, 2.75) is 82.0 Å². The van der Waals surface area contributed by atoms with Gasteiger partial charge in [0.05, 0.1) is 0 Å². The first-order chi connectivity index (χ1) is 18.8. The molecule has 220 valence electrons. The number of aliphatic hydroxyl groups is 1. The third kappa shape index (κ3) is 6.72. The van der Waals surface area contributed by atoms with Crippen molar-refractivity contribution in [3.05, 3.63) is 55.0 Å². The number of nitrogens with zero attached hydrogens (tertiary/aromatic N) is 1. The molecule has 0 radical (unpaired) electrons. The number of hydrogen-bond donors (Lipinski definition) is 3. The smallest absolute Gasteiger partial charge is 0.459 e. The molecule has 1 aliphatic carbocycles. The molecule has 0 aromatic heterocycles. The summed E-state index contributed by atoms with van der Waals surface area (Å²) < 4.78 is 67.0. The Morgan fingerprint density at radius 1 is 1.30 bits per heavy atom. The average Bonchev–Trinajstić information content (AvgIpc) is 3.09. The second-order valence-corrected chi connectivity index (χ2v) is 11.9. The van der Waals surface area contributed by atoms with Crippen molar-refractivity contribution < 1.29 is 46.6 Å². The van der Waals surface area contributed by atoms with Gasteiger partial charge in [-0.3, -0.25) is 14.1 Å². The first-order valence-corrected chi connectivity index (χ1v) is 14.5. The zero-order valence-electron chi connectivity index (χ0n) is 22.3. The van der Waals surface area contributed by atoms with Gasteiger partial charge in [-0.25, -0.2) is 13.3 Å². The first kappa shape index (κ1) is 30.1. The highest BCUT2D eigenvalue weighted by atomic mass is 31.2. The summed E-state index contributed by atoms with van der Waals surface area (Å²) in [5.41, 5.74) is -2.73. The highest BCUT2D eigenvalue weighted by Gasteiger charge is 2.66. The fourth-order valence-corrected chi connectivity index (χ4v) is 6.20. The number of para-hydroxylation sites is 1. The van der Waals surface area contributed by atoms with Crippen molar-refractivity contribution >= 4 is 19.6 Å². The maximum absolute atomic E-state index is 16.0. The minimum absolute atomic E-state index is 0.0747. The van der Waals surface area contributed by atoms with Gasteiger partial charge in [0.2, 0.25) is 0 Å². The lowest BCUT2D eigenvalue weighted by Crippen LogP contribution is -2.51. The highest BCUT2D eigenvalue weighted by Crippen LogP contribution is 2.50. The molecule has 6 atom stereocenters. The number of carbonyl (C=O) groups is 2. The predicted molar refractivity (Wildman–Crippen MR) is 139 cm³/mol. The molecular weight excluding hydrogens is 551 g/mol. The normalized spacial score (nSPS) is 31.4. The van der Waals surface area contributed by atoms with Crippen LogP contribution in [0.4, 0.5) is 8.78 Å². The Bertz CT molecular complexity index is 1180. The molecule has 2 unspecified atom stereocenters. The lowest BCUT2D eigenvalue weighted by molar-refractivity contribution is -0.206. The number of rotatable bonds is 10. The molecule has 3 N–H and O–H groups in total. The monoisotopic (exact) mass is 585 g/mol. The summed E-state index contributed by atoms with van der Waals surface area (Å²) >= 11 is 0. The summed E-state index contributed by atoms with van der Waals surface area (Å²) in [6.45, 7) is 4.64. The Morgan fingerprint density at radius 2 is 1.98 bits per heavy atom. The molecule has 14 heteroatoms. The maximum atomic E-state index is 16.0. The summed E-state index contributed by atoms with van der Waals surface area (Å²) in [7, 11) is -4.55. The Kier molecular flexibility index (Phi) is 9.01. The molecule has 0 spiro atoms. The van der Waals surface area contributed by atoms with E-state index in [2.05, 4.69) is 17.0 Å². The number of alkyl halides is 2. The van der Waals surface area contributed by atoms with Gasteiger partial charge in [0, 0.05) is 12.3 Å². The van der Waals surface area contributed by atoms with E-state index >= 15 is 8.78 Å². The molecular formula is C26H34F2N3O8P. The summed E-state index contributed by atoms with van der Waals surface area (Å²) in [6.07, 6.45) is 2.10. The standard InChI is InChI=1S/C26H34F2N3O8P/c1-17(22(33)37-19-10-6-4-7-11-19)30-40(35,39-20-12-8-5-9-13-20)36-16-26(28)23(34)25(3,27)24(38-26)31-15-14-21(32)29-18(31)2/h5,8-9,12-15,17,19,23-24,34H,2,4,6-7,10-11,16H2,1,3H3,(H,29,32)(H,30,35)/t17?,23-,24+,25+,26+,40?/m0/s1. The molecule has 1 aromatic carbocycles. The molecule has 0 bridgehead atoms. The van der Waals surface area contributed by atoms with Gasteiger partial charge in [0.15, 0.2) is 18.0 Å². The number of halogens is 2. The van der Waals surface area contributed by atoms with Crippen LogP contribution >= 0.6 is 7.75 Å². The number of hydrogen-bond acceptors (Lipinski definition) is 9. The molecule has 2 heterocycles. The number of ether oxygens (including phenoxy) is 2. The maximum Gasteiger partial charge on any atom is 0.459 e. The van der Waals surface area contributed by atoms with E-state index in [0.29, 0.717) is 0 Å². The van der Waals surface area contributed by atoms with E-state index in [1.807, 2.05) is 0 Å². The van der Waals surface area contributed by atoms with E-state index < -0.39 is 56.1 Å². The molecule has 2 fully saturated rings. The van der Waals surface area contributed by atoms with Gasteiger partial charge in [-0.15, -0.1) is 0 Å².